The van der Waals surface area contributed by atoms with Crippen LogP contribution >= 0.6 is 11.3 Å². The molecule has 9 aromatic carbocycles. The number of ether oxygens (including phenoxy) is 1. The van der Waals surface area contributed by atoms with Crippen LogP contribution in [0.25, 0.3) is 86.3 Å². The third-order valence-corrected chi connectivity index (χ3v) is 12.4. The van der Waals surface area contributed by atoms with Gasteiger partial charge < -0.3 is 14.1 Å². The molecule has 0 N–H and O–H groups in total. The molecular formula is C52H31NO2S. The maximum absolute atomic E-state index is 6.77. The van der Waals surface area contributed by atoms with Gasteiger partial charge in [0.1, 0.15) is 22.7 Å². The van der Waals surface area contributed by atoms with Crippen molar-refractivity contribution in [3.63, 3.8) is 0 Å². The Morgan fingerprint density at radius 2 is 1.11 bits per heavy atom. The zero-order chi connectivity index (χ0) is 36.7. The Hall–Kier alpha value is -7.14. The van der Waals surface area contributed by atoms with E-state index in [4.69, 9.17) is 9.15 Å². The van der Waals surface area contributed by atoms with Gasteiger partial charge in [-0.1, -0.05) is 115 Å². The Kier molecular flexibility index (Phi) is 6.80. The minimum absolute atomic E-state index is 0.851. The smallest absolute Gasteiger partial charge is 0.137 e. The van der Waals surface area contributed by atoms with Gasteiger partial charge in [0.05, 0.1) is 11.4 Å². The molecule has 2 aromatic heterocycles. The number of hydrogen-bond donors (Lipinski definition) is 0. The summed E-state index contributed by atoms with van der Waals surface area (Å²) in [6.45, 7) is 0. The zero-order valence-corrected chi connectivity index (χ0v) is 30.9. The summed E-state index contributed by atoms with van der Waals surface area (Å²) < 4.78 is 15.9. The van der Waals surface area contributed by atoms with Crippen LogP contribution in [0.15, 0.2) is 192 Å². The molecule has 56 heavy (non-hydrogen) atoms. The lowest BCUT2D eigenvalue weighted by atomic mass is 9.92. The molecule has 0 unspecified atom stereocenters. The predicted molar refractivity (Wildman–Crippen MR) is 235 cm³/mol. The summed E-state index contributed by atoms with van der Waals surface area (Å²) in [5.74, 6) is 1.73. The van der Waals surface area contributed by atoms with E-state index in [0.717, 1.165) is 72.4 Å². The second-order valence-corrected chi connectivity index (χ2v) is 15.5. The predicted octanol–water partition coefficient (Wildman–Crippen LogP) is 15.7. The average molecular weight is 734 g/mol. The molecule has 0 saturated heterocycles. The van der Waals surface area contributed by atoms with Crippen molar-refractivity contribution in [3.05, 3.63) is 188 Å². The second kappa shape index (κ2) is 12.2. The third kappa shape index (κ3) is 4.76. The van der Waals surface area contributed by atoms with E-state index in [9.17, 15) is 0 Å². The summed E-state index contributed by atoms with van der Waals surface area (Å²) in [6, 6.07) is 67.1. The topological polar surface area (TPSA) is 25.6 Å². The molecule has 11 aromatic rings. The van der Waals surface area contributed by atoms with E-state index in [-0.39, 0.29) is 0 Å². The average Bonchev–Trinajstić information content (AvgIpc) is 3.83. The number of rotatable bonds is 5. The number of hydrogen-bond acceptors (Lipinski definition) is 4. The molecule has 0 saturated carbocycles. The molecule has 0 fully saturated rings. The summed E-state index contributed by atoms with van der Waals surface area (Å²) in [6.07, 6.45) is 0. The highest BCUT2D eigenvalue weighted by Crippen LogP contribution is 2.53. The van der Waals surface area contributed by atoms with Crippen LogP contribution in [0.2, 0.25) is 0 Å². The van der Waals surface area contributed by atoms with E-state index in [1.807, 2.05) is 17.4 Å². The molecule has 3 nitrogen and oxygen atoms in total. The summed E-state index contributed by atoms with van der Waals surface area (Å²) in [4.78, 5) is 2.42. The molecule has 262 valence electrons. The molecule has 12 rings (SSSR count). The van der Waals surface area contributed by atoms with E-state index in [1.165, 1.54) is 42.4 Å². The lowest BCUT2D eigenvalue weighted by molar-refractivity contribution is 0.487. The van der Waals surface area contributed by atoms with Crippen molar-refractivity contribution in [3.8, 4) is 44.9 Å². The van der Waals surface area contributed by atoms with Gasteiger partial charge >= 0.3 is 0 Å². The Labute approximate surface area is 326 Å². The second-order valence-electron chi connectivity index (χ2n) is 14.4. The van der Waals surface area contributed by atoms with E-state index in [0.29, 0.717) is 0 Å². The van der Waals surface area contributed by atoms with Crippen molar-refractivity contribution in [2.24, 2.45) is 0 Å². The fourth-order valence-electron chi connectivity index (χ4n) is 8.69. The quantitative estimate of drug-likeness (QED) is 0.176. The molecule has 0 radical (unpaired) electrons. The van der Waals surface area contributed by atoms with Crippen LogP contribution < -0.4 is 9.64 Å². The van der Waals surface area contributed by atoms with E-state index >= 15 is 0 Å². The van der Waals surface area contributed by atoms with Crippen LogP contribution in [0.3, 0.4) is 0 Å². The fraction of sp³-hybridized carbons (Fsp3) is 0. The Bertz CT molecular complexity index is 3340. The third-order valence-electron chi connectivity index (χ3n) is 11.3. The first kappa shape index (κ1) is 31.2. The summed E-state index contributed by atoms with van der Waals surface area (Å²) in [7, 11) is 0. The SMILES string of the molecule is c1ccc(-c2ccc3c(c2)Oc2ccc(N(c4ccc5c(c4)oc4ccc(-c6ccccc6)cc45)c4cccc5sc6ccccc6c45)c4cccc-3c24)cc1. The fourth-order valence-corrected chi connectivity index (χ4v) is 9.81. The van der Waals surface area contributed by atoms with Gasteiger partial charge in [0.25, 0.3) is 0 Å². The van der Waals surface area contributed by atoms with Gasteiger partial charge in [0, 0.05) is 59.0 Å². The molecular weight excluding hydrogens is 703 g/mol. The van der Waals surface area contributed by atoms with Crippen LogP contribution in [0, 0.1) is 0 Å². The Morgan fingerprint density at radius 3 is 1.96 bits per heavy atom. The summed E-state index contributed by atoms with van der Waals surface area (Å²) in [5, 5.41) is 6.92. The first-order valence-corrected chi connectivity index (χ1v) is 19.7. The monoisotopic (exact) mass is 733 g/mol. The maximum Gasteiger partial charge on any atom is 0.137 e. The summed E-state index contributed by atoms with van der Waals surface area (Å²) in [5.41, 5.74) is 11.9. The van der Waals surface area contributed by atoms with Gasteiger partial charge in [-0.3, -0.25) is 0 Å². The molecule has 0 aliphatic carbocycles. The van der Waals surface area contributed by atoms with Crippen molar-refractivity contribution in [1.29, 1.82) is 0 Å². The largest absolute Gasteiger partial charge is 0.456 e. The molecule has 4 heteroatoms. The molecule has 3 heterocycles. The highest BCUT2D eigenvalue weighted by molar-refractivity contribution is 7.26. The highest BCUT2D eigenvalue weighted by Gasteiger charge is 2.26. The van der Waals surface area contributed by atoms with Crippen molar-refractivity contribution in [2.45, 2.75) is 0 Å². The minimum atomic E-state index is 0.851. The van der Waals surface area contributed by atoms with Crippen molar-refractivity contribution >= 4 is 81.3 Å². The lowest BCUT2D eigenvalue weighted by Gasteiger charge is -2.30. The number of anilines is 3. The Balaban J connectivity index is 1.08. The van der Waals surface area contributed by atoms with E-state index in [1.54, 1.807) is 0 Å². The van der Waals surface area contributed by atoms with E-state index in [2.05, 4.69) is 187 Å². The van der Waals surface area contributed by atoms with Crippen LogP contribution in [-0.2, 0) is 0 Å². The molecule has 0 bridgehead atoms. The van der Waals surface area contributed by atoms with Crippen molar-refractivity contribution < 1.29 is 9.15 Å². The highest BCUT2D eigenvalue weighted by atomic mass is 32.1. The standard InChI is InChI=1S/C52H31NO2S/c1-3-11-32(12-4-1)34-22-27-45-42(29-34)38-25-23-36(31-48(38)54-45)53(44-18-10-20-50-52(44)41-15-7-8-19-49(41)56-50)43-26-28-46-51-39(16-9-17-40(43)51)37-24-21-35(30-47(37)55-46)33-13-5-2-6-14-33/h1-31H. The van der Waals surface area contributed by atoms with Gasteiger partial charge in [-0.2, -0.15) is 0 Å². The van der Waals surface area contributed by atoms with Crippen molar-refractivity contribution in [1.82, 2.24) is 0 Å². The van der Waals surface area contributed by atoms with Crippen LogP contribution in [0.1, 0.15) is 0 Å². The van der Waals surface area contributed by atoms with Crippen molar-refractivity contribution in [2.75, 3.05) is 4.90 Å². The number of nitrogens with zero attached hydrogens (tertiary/aromatic N) is 1. The number of furan rings is 1. The van der Waals surface area contributed by atoms with Crippen LogP contribution in [0.5, 0.6) is 11.5 Å². The first-order chi connectivity index (χ1) is 27.7. The summed E-state index contributed by atoms with van der Waals surface area (Å²) >= 11 is 1.84. The van der Waals surface area contributed by atoms with Gasteiger partial charge in [0.2, 0.25) is 0 Å². The van der Waals surface area contributed by atoms with Gasteiger partial charge in [-0.05, 0) is 94.5 Å². The lowest BCUT2D eigenvalue weighted by Crippen LogP contribution is -2.11. The molecule has 0 amide bonds. The van der Waals surface area contributed by atoms with Gasteiger partial charge in [-0.15, -0.1) is 11.3 Å². The Morgan fingerprint density at radius 1 is 0.375 bits per heavy atom. The molecule has 0 spiro atoms. The van der Waals surface area contributed by atoms with Gasteiger partial charge in [-0.25, -0.2) is 0 Å². The van der Waals surface area contributed by atoms with E-state index < -0.39 is 0 Å². The molecule has 1 aliphatic heterocycles. The zero-order valence-electron chi connectivity index (χ0n) is 30.1. The number of benzene rings is 9. The molecule has 0 atom stereocenters. The minimum Gasteiger partial charge on any atom is -0.456 e. The van der Waals surface area contributed by atoms with Crippen LogP contribution in [-0.4, -0.2) is 0 Å². The maximum atomic E-state index is 6.77. The number of thiophene rings is 1. The van der Waals surface area contributed by atoms with Gasteiger partial charge in [0.15, 0.2) is 0 Å². The normalized spacial score (nSPS) is 12.1. The van der Waals surface area contributed by atoms with Crippen LogP contribution in [0.4, 0.5) is 17.1 Å². The first-order valence-electron chi connectivity index (χ1n) is 18.9. The molecule has 1 aliphatic rings. The number of fused-ring (bicyclic) bond motifs is 8.